The molecule has 0 aliphatic carbocycles. The number of carbonyl (C=O) groups is 1. The highest BCUT2D eigenvalue weighted by molar-refractivity contribution is 5.78. The van der Waals surface area contributed by atoms with Crippen molar-refractivity contribution in [1.29, 1.82) is 0 Å². The molecule has 1 saturated heterocycles. The van der Waals surface area contributed by atoms with Crippen LogP contribution in [0.5, 0.6) is 0 Å². The van der Waals surface area contributed by atoms with Gasteiger partial charge in [-0.2, -0.15) is 0 Å². The fraction of sp³-hybridized carbons (Fsp3) is 0.588. The first-order chi connectivity index (χ1) is 10.1. The summed E-state index contributed by atoms with van der Waals surface area (Å²) in [6.07, 6.45) is 0.254. The van der Waals surface area contributed by atoms with Gasteiger partial charge in [0, 0.05) is 19.6 Å². The van der Waals surface area contributed by atoms with Crippen LogP contribution >= 0.6 is 0 Å². The zero-order valence-electron chi connectivity index (χ0n) is 13.3. The summed E-state index contributed by atoms with van der Waals surface area (Å²) in [6, 6.07) is 10.3. The van der Waals surface area contributed by atoms with Gasteiger partial charge >= 0.3 is 0 Å². The van der Waals surface area contributed by atoms with Crippen LogP contribution in [0.25, 0.3) is 0 Å². The second kappa shape index (κ2) is 7.57. The van der Waals surface area contributed by atoms with Crippen molar-refractivity contribution in [1.82, 2.24) is 9.80 Å². The van der Waals surface area contributed by atoms with Crippen LogP contribution in [0.15, 0.2) is 30.3 Å². The van der Waals surface area contributed by atoms with Gasteiger partial charge in [0.05, 0.1) is 18.8 Å². The van der Waals surface area contributed by atoms with E-state index >= 15 is 0 Å². The van der Waals surface area contributed by atoms with Crippen molar-refractivity contribution in [2.24, 2.45) is 0 Å². The number of hydrogen-bond acceptors (Lipinski definition) is 3. The molecule has 0 N–H and O–H groups in total. The summed E-state index contributed by atoms with van der Waals surface area (Å²) >= 11 is 0. The van der Waals surface area contributed by atoms with E-state index in [9.17, 15) is 4.79 Å². The molecule has 2 unspecified atom stereocenters. The lowest BCUT2D eigenvalue weighted by Crippen LogP contribution is -2.51. The molecule has 2 rings (SSSR count). The highest BCUT2D eigenvalue weighted by Crippen LogP contribution is 2.12. The van der Waals surface area contributed by atoms with Gasteiger partial charge in [-0.1, -0.05) is 37.3 Å². The molecule has 2 atom stereocenters. The lowest BCUT2D eigenvalue weighted by molar-refractivity contribution is -0.144. The molecule has 1 heterocycles. The smallest absolute Gasteiger partial charge is 0.236 e. The van der Waals surface area contributed by atoms with Crippen molar-refractivity contribution in [2.75, 3.05) is 26.2 Å². The second-order valence-corrected chi connectivity index (χ2v) is 5.84. The topological polar surface area (TPSA) is 32.8 Å². The molecular weight excluding hydrogens is 264 g/mol. The normalized spacial score (nSPS) is 22.6. The number of morpholine rings is 1. The molecule has 116 valence electrons. The van der Waals surface area contributed by atoms with Crippen LogP contribution in [0.1, 0.15) is 26.3 Å². The Morgan fingerprint density at radius 1 is 1.24 bits per heavy atom. The average Bonchev–Trinajstić information content (AvgIpc) is 2.46. The number of carbonyl (C=O) groups excluding carboxylic acids is 1. The molecule has 1 aromatic carbocycles. The maximum absolute atomic E-state index is 12.5. The van der Waals surface area contributed by atoms with Crippen molar-refractivity contribution in [3.05, 3.63) is 35.9 Å². The molecule has 1 fully saturated rings. The molecule has 0 aromatic heterocycles. The summed E-state index contributed by atoms with van der Waals surface area (Å²) in [5.41, 5.74) is 1.25. The molecule has 0 saturated carbocycles. The molecule has 1 aliphatic heterocycles. The fourth-order valence-corrected chi connectivity index (χ4v) is 2.79. The van der Waals surface area contributed by atoms with E-state index in [0.717, 1.165) is 13.1 Å². The number of hydrogen-bond donors (Lipinski definition) is 0. The minimum Gasteiger partial charge on any atom is -0.372 e. The Morgan fingerprint density at radius 2 is 1.86 bits per heavy atom. The van der Waals surface area contributed by atoms with Crippen molar-refractivity contribution in [2.45, 2.75) is 39.5 Å². The molecule has 0 bridgehead atoms. The minimum absolute atomic E-state index is 0.127. The van der Waals surface area contributed by atoms with Crippen LogP contribution in [0, 0.1) is 0 Å². The SMILES string of the molecule is CCN(CC(=O)N1CC(C)OC(C)C1)Cc1ccccc1. The lowest BCUT2D eigenvalue weighted by atomic mass is 10.2. The Labute approximate surface area is 127 Å². The van der Waals surface area contributed by atoms with Gasteiger partial charge in [-0.25, -0.2) is 0 Å². The average molecular weight is 290 g/mol. The van der Waals surface area contributed by atoms with Gasteiger partial charge < -0.3 is 9.64 Å². The van der Waals surface area contributed by atoms with Crippen molar-refractivity contribution < 1.29 is 9.53 Å². The van der Waals surface area contributed by atoms with E-state index in [4.69, 9.17) is 4.74 Å². The minimum atomic E-state index is 0.127. The number of likely N-dealkylation sites (N-methyl/N-ethyl adjacent to an activating group) is 1. The summed E-state index contributed by atoms with van der Waals surface area (Å²) < 4.78 is 5.69. The van der Waals surface area contributed by atoms with Gasteiger partial charge in [0.25, 0.3) is 0 Å². The first-order valence-electron chi connectivity index (χ1n) is 7.78. The van der Waals surface area contributed by atoms with Crippen LogP contribution in [-0.4, -0.2) is 54.1 Å². The molecule has 4 nitrogen and oxygen atoms in total. The maximum atomic E-state index is 12.5. The van der Waals surface area contributed by atoms with Crippen molar-refractivity contribution >= 4 is 5.91 Å². The molecular formula is C17H26N2O2. The van der Waals surface area contributed by atoms with Gasteiger partial charge in [0.15, 0.2) is 0 Å². The van der Waals surface area contributed by atoms with E-state index in [1.54, 1.807) is 0 Å². The third-order valence-electron chi connectivity index (χ3n) is 3.83. The number of amides is 1. The number of rotatable bonds is 5. The first kappa shape index (κ1) is 16.0. The Morgan fingerprint density at radius 3 is 2.43 bits per heavy atom. The zero-order chi connectivity index (χ0) is 15.2. The van der Waals surface area contributed by atoms with Crippen LogP contribution in [-0.2, 0) is 16.1 Å². The van der Waals surface area contributed by atoms with E-state index in [2.05, 4.69) is 24.0 Å². The fourth-order valence-electron chi connectivity index (χ4n) is 2.79. The Kier molecular flexibility index (Phi) is 5.76. The van der Waals surface area contributed by atoms with Gasteiger partial charge in [-0.15, -0.1) is 0 Å². The van der Waals surface area contributed by atoms with Crippen molar-refractivity contribution in [3.8, 4) is 0 Å². The third-order valence-corrected chi connectivity index (χ3v) is 3.83. The zero-order valence-corrected chi connectivity index (χ0v) is 13.3. The third kappa shape index (κ3) is 4.83. The molecule has 0 radical (unpaired) electrons. The monoisotopic (exact) mass is 290 g/mol. The maximum Gasteiger partial charge on any atom is 0.236 e. The van der Waals surface area contributed by atoms with Crippen LogP contribution < -0.4 is 0 Å². The highest BCUT2D eigenvalue weighted by atomic mass is 16.5. The highest BCUT2D eigenvalue weighted by Gasteiger charge is 2.26. The number of nitrogens with zero attached hydrogens (tertiary/aromatic N) is 2. The first-order valence-corrected chi connectivity index (χ1v) is 7.78. The van der Waals surface area contributed by atoms with E-state index < -0.39 is 0 Å². The second-order valence-electron chi connectivity index (χ2n) is 5.84. The van der Waals surface area contributed by atoms with Crippen molar-refractivity contribution in [3.63, 3.8) is 0 Å². The quantitative estimate of drug-likeness (QED) is 0.833. The Balaban J connectivity index is 1.90. The molecule has 1 aliphatic rings. The predicted octanol–water partition coefficient (Wildman–Crippen LogP) is 2.14. The molecule has 4 heteroatoms. The standard InChI is InChI=1S/C17H26N2O2/c1-4-18(12-16-8-6-5-7-9-16)13-17(20)19-10-14(2)21-15(3)11-19/h5-9,14-15H,4,10-13H2,1-3H3. The van der Waals surface area contributed by atoms with Gasteiger partial charge in [-0.3, -0.25) is 9.69 Å². The molecule has 1 amide bonds. The van der Waals surface area contributed by atoms with Crippen LogP contribution in [0.4, 0.5) is 0 Å². The van der Waals surface area contributed by atoms with Gasteiger partial charge in [0.2, 0.25) is 5.91 Å². The van der Waals surface area contributed by atoms with Crippen LogP contribution in [0.2, 0.25) is 0 Å². The van der Waals surface area contributed by atoms with E-state index in [0.29, 0.717) is 19.6 Å². The Bertz CT molecular complexity index is 439. The molecule has 21 heavy (non-hydrogen) atoms. The lowest BCUT2D eigenvalue weighted by Gasteiger charge is -2.36. The number of benzene rings is 1. The van der Waals surface area contributed by atoms with Gasteiger partial charge in [-0.05, 0) is 26.0 Å². The summed E-state index contributed by atoms with van der Waals surface area (Å²) in [7, 11) is 0. The summed E-state index contributed by atoms with van der Waals surface area (Å²) in [5.74, 6) is 0.204. The molecule has 0 spiro atoms. The van der Waals surface area contributed by atoms with Crippen LogP contribution in [0.3, 0.4) is 0 Å². The number of ether oxygens (including phenoxy) is 1. The Hall–Kier alpha value is -1.39. The summed E-state index contributed by atoms with van der Waals surface area (Å²) in [5, 5.41) is 0. The van der Waals surface area contributed by atoms with E-state index in [1.165, 1.54) is 5.56 Å². The predicted molar refractivity (Wildman–Crippen MR) is 84.0 cm³/mol. The van der Waals surface area contributed by atoms with Gasteiger partial charge in [0.1, 0.15) is 0 Å². The molecule has 1 aromatic rings. The summed E-state index contributed by atoms with van der Waals surface area (Å²) in [6.45, 7) is 9.72. The largest absolute Gasteiger partial charge is 0.372 e. The summed E-state index contributed by atoms with van der Waals surface area (Å²) in [4.78, 5) is 16.6. The van der Waals surface area contributed by atoms with E-state index in [-0.39, 0.29) is 18.1 Å². The van der Waals surface area contributed by atoms with E-state index in [1.807, 2.05) is 36.9 Å².